The lowest BCUT2D eigenvalue weighted by Crippen LogP contribution is -2.47. The molecule has 0 fully saturated rings. The maximum absolute atomic E-state index is 12.3. The lowest BCUT2D eigenvalue weighted by Gasteiger charge is -2.07. The van der Waals surface area contributed by atoms with Gasteiger partial charge in [0.05, 0.1) is 14.2 Å². The summed E-state index contributed by atoms with van der Waals surface area (Å²) in [5, 5.41) is 0.110. The number of carbonyl (C=O) groups is 1. The van der Waals surface area contributed by atoms with Crippen molar-refractivity contribution in [1.82, 2.24) is 9.97 Å². The second-order valence-electron chi connectivity index (χ2n) is 5.87. The Morgan fingerprint density at radius 2 is 1.54 bits per heavy atom. The number of carbonyl (C=O) groups excluding carboxylic acids is 1. The smallest absolute Gasteiger partial charge is 0.274 e. The van der Waals surface area contributed by atoms with Crippen LogP contribution in [0.2, 0.25) is 0 Å². The van der Waals surface area contributed by atoms with Crippen LogP contribution in [0.5, 0.6) is 11.5 Å². The fourth-order valence-corrected chi connectivity index (χ4v) is 2.63. The molecule has 0 aliphatic heterocycles. The Labute approximate surface area is 159 Å². The number of hydrogen-bond donors (Lipinski definition) is 2. The number of nitrogens with one attached hydrogen (secondary N) is 2. The van der Waals surface area contributed by atoms with Crippen LogP contribution in [0.3, 0.4) is 0 Å². The zero-order chi connectivity index (χ0) is 20.1. The van der Waals surface area contributed by atoms with Crippen molar-refractivity contribution >= 4 is 17.9 Å². The fourth-order valence-electron chi connectivity index (χ4n) is 2.63. The molecule has 0 atom stereocenters. The molecule has 0 saturated carbocycles. The van der Waals surface area contributed by atoms with E-state index in [0.717, 1.165) is 0 Å². The van der Waals surface area contributed by atoms with Crippen LogP contribution in [0.4, 0.5) is 0 Å². The third kappa shape index (κ3) is 4.09. The van der Waals surface area contributed by atoms with Gasteiger partial charge in [-0.3, -0.25) is 19.4 Å². The van der Waals surface area contributed by atoms with Gasteiger partial charge in [-0.25, -0.2) is 0 Å². The molecular formula is C21H18N2O5. The summed E-state index contributed by atoms with van der Waals surface area (Å²) in [4.78, 5) is 41.5. The standard InChI is InChI=1S/C21H18N2O5/c1-27-18-9-8-13(11-19(18)28-2)10-15-20(25)23-21(26)16(22-15)12-17(24)14-6-4-3-5-7-14/h3-12,22H,1-2H3,(H,23,25,26). The van der Waals surface area contributed by atoms with Crippen molar-refractivity contribution in [2.45, 2.75) is 0 Å². The number of Topliss-reactive ketones (excluding diaryl/α,β-unsaturated/α-hetero) is 1. The molecule has 1 aromatic heterocycles. The summed E-state index contributed by atoms with van der Waals surface area (Å²) in [7, 11) is 3.04. The molecule has 0 spiro atoms. The highest BCUT2D eigenvalue weighted by atomic mass is 16.5. The molecule has 3 rings (SSSR count). The van der Waals surface area contributed by atoms with Gasteiger partial charge in [0.25, 0.3) is 11.1 Å². The molecule has 7 heteroatoms. The first-order chi connectivity index (χ1) is 13.5. The predicted octanol–water partition coefficient (Wildman–Crippen LogP) is 0.573. The van der Waals surface area contributed by atoms with E-state index in [1.807, 2.05) is 0 Å². The van der Waals surface area contributed by atoms with E-state index < -0.39 is 11.1 Å². The Kier molecular flexibility index (Phi) is 5.55. The Morgan fingerprint density at radius 3 is 2.21 bits per heavy atom. The number of benzene rings is 2. The van der Waals surface area contributed by atoms with Gasteiger partial charge in [-0.05, 0) is 23.8 Å². The average Bonchev–Trinajstić information content (AvgIpc) is 2.72. The van der Waals surface area contributed by atoms with Crippen LogP contribution in [0.15, 0.2) is 58.1 Å². The molecule has 142 valence electrons. The Hall–Kier alpha value is -3.87. The van der Waals surface area contributed by atoms with Gasteiger partial charge in [-0.15, -0.1) is 0 Å². The van der Waals surface area contributed by atoms with Gasteiger partial charge in [0.1, 0.15) is 10.7 Å². The van der Waals surface area contributed by atoms with Crippen molar-refractivity contribution in [2.75, 3.05) is 14.2 Å². The van der Waals surface area contributed by atoms with Crippen molar-refractivity contribution in [3.63, 3.8) is 0 Å². The number of ketones is 1. The number of rotatable bonds is 5. The van der Waals surface area contributed by atoms with E-state index in [1.165, 1.54) is 20.3 Å². The van der Waals surface area contributed by atoms with E-state index in [1.54, 1.807) is 54.6 Å². The van der Waals surface area contributed by atoms with Gasteiger partial charge in [0.2, 0.25) is 0 Å². The van der Waals surface area contributed by atoms with E-state index in [9.17, 15) is 14.4 Å². The quantitative estimate of drug-likeness (QED) is 0.632. The maximum Gasteiger partial charge on any atom is 0.274 e. The number of ether oxygens (including phenoxy) is 2. The molecule has 0 unspecified atom stereocenters. The minimum absolute atomic E-state index is 0.0137. The van der Waals surface area contributed by atoms with Gasteiger partial charge in [0.15, 0.2) is 17.3 Å². The summed E-state index contributed by atoms with van der Waals surface area (Å²) >= 11 is 0. The van der Waals surface area contributed by atoms with Crippen LogP contribution >= 0.6 is 0 Å². The highest BCUT2D eigenvalue weighted by molar-refractivity contribution is 6.16. The summed E-state index contributed by atoms with van der Waals surface area (Å²) in [5.41, 5.74) is -0.173. The van der Waals surface area contributed by atoms with Gasteiger partial charge < -0.3 is 14.5 Å². The van der Waals surface area contributed by atoms with Gasteiger partial charge in [0, 0.05) is 11.6 Å². The maximum atomic E-state index is 12.3. The largest absolute Gasteiger partial charge is 0.493 e. The average molecular weight is 378 g/mol. The minimum Gasteiger partial charge on any atom is -0.493 e. The number of aromatic amines is 2. The third-order valence-corrected chi connectivity index (χ3v) is 4.04. The Morgan fingerprint density at radius 1 is 0.857 bits per heavy atom. The second kappa shape index (κ2) is 8.22. The number of H-pyrrole nitrogens is 2. The van der Waals surface area contributed by atoms with Gasteiger partial charge >= 0.3 is 0 Å². The second-order valence-corrected chi connectivity index (χ2v) is 5.87. The molecule has 28 heavy (non-hydrogen) atoms. The van der Waals surface area contributed by atoms with Crippen LogP contribution in [0, 0.1) is 0 Å². The molecule has 0 saturated heterocycles. The lowest BCUT2D eigenvalue weighted by atomic mass is 10.1. The number of methoxy groups -OCH3 is 2. The number of hydrogen-bond acceptors (Lipinski definition) is 5. The molecule has 0 aliphatic rings. The topological polar surface area (TPSA) is 101 Å². The highest BCUT2D eigenvalue weighted by Gasteiger charge is 2.05. The first-order valence-electron chi connectivity index (χ1n) is 8.39. The highest BCUT2D eigenvalue weighted by Crippen LogP contribution is 2.27. The summed E-state index contributed by atoms with van der Waals surface area (Å²) in [6.45, 7) is 0. The number of aromatic nitrogens is 2. The first-order valence-corrected chi connectivity index (χ1v) is 8.39. The molecule has 0 aliphatic carbocycles. The molecule has 2 N–H and O–H groups in total. The van der Waals surface area contributed by atoms with Crippen molar-refractivity contribution in [3.8, 4) is 11.5 Å². The SMILES string of the molecule is COc1ccc(C=c2[nH]c(=CC(=O)c3ccccc3)c(=O)[nH]c2=O)cc1OC. The van der Waals surface area contributed by atoms with E-state index in [0.29, 0.717) is 22.6 Å². The van der Waals surface area contributed by atoms with Crippen LogP contribution in [-0.4, -0.2) is 30.0 Å². The van der Waals surface area contributed by atoms with Gasteiger partial charge in [-0.1, -0.05) is 36.4 Å². The molecule has 7 nitrogen and oxygen atoms in total. The summed E-state index contributed by atoms with van der Waals surface area (Å²) in [6.07, 6.45) is 2.71. The molecule has 0 bridgehead atoms. The third-order valence-electron chi connectivity index (χ3n) is 4.04. The summed E-state index contributed by atoms with van der Waals surface area (Å²) < 4.78 is 10.4. The van der Waals surface area contributed by atoms with E-state index in [2.05, 4.69) is 9.97 Å². The predicted molar refractivity (Wildman–Crippen MR) is 105 cm³/mol. The van der Waals surface area contributed by atoms with E-state index in [-0.39, 0.29) is 16.5 Å². The molecule has 0 amide bonds. The first kappa shape index (κ1) is 18.9. The fraction of sp³-hybridized carbons (Fsp3) is 0.0952. The summed E-state index contributed by atoms with van der Waals surface area (Å²) in [6, 6.07) is 13.7. The summed E-state index contributed by atoms with van der Waals surface area (Å²) in [5.74, 6) is 0.701. The van der Waals surface area contributed by atoms with Gasteiger partial charge in [-0.2, -0.15) is 0 Å². The Balaban J connectivity index is 2.11. The van der Waals surface area contributed by atoms with Crippen molar-refractivity contribution in [1.29, 1.82) is 0 Å². The zero-order valence-corrected chi connectivity index (χ0v) is 15.3. The normalized spacial score (nSPS) is 12.1. The van der Waals surface area contributed by atoms with Crippen molar-refractivity contribution in [2.24, 2.45) is 0 Å². The zero-order valence-electron chi connectivity index (χ0n) is 15.3. The van der Waals surface area contributed by atoms with E-state index in [4.69, 9.17) is 9.47 Å². The van der Waals surface area contributed by atoms with Crippen molar-refractivity contribution in [3.05, 3.63) is 91.1 Å². The van der Waals surface area contributed by atoms with Crippen LogP contribution in [-0.2, 0) is 0 Å². The van der Waals surface area contributed by atoms with Crippen LogP contribution in [0.25, 0.3) is 12.2 Å². The molecule has 2 aromatic carbocycles. The molecule has 1 heterocycles. The molecular weight excluding hydrogens is 360 g/mol. The minimum atomic E-state index is -0.668. The van der Waals surface area contributed by atoms with Crippen LogP contribution < -0.4 is 31.3 Å². The van der Waals surface area contributed by atoms with Crippen LogP contribution in [0.1, 0.15) is 15.9 Å². The van der Waals surface area contributed by atoms with Crippen molar-refractivity contribution < 1.29 is 14.3 Å². The molecule has 3 aromatic rings. The van der Waals surface area contributed by atoms with E-state index >= 15 is 0 Å². The lowest BCUT2D eigenvalue weighted by molar-refractivity contribution is 0.106. The monoisotopic (exact) mass is 378 g/mol. The Bertz CT molecular complexity index is 1240. The molecule has 0 radical (unpaired) electrons.